The van der Waals surface area contributed by atoms with Crippen molar-refractivity contribution in [1.82, 2.24) is 4.98 Å². The second-order valence-electron chi connectivity index (χ2n) is 13.9. The summed E-state index contributed by atoms with van der Waals surface area (Å²) in [7, 11) is 0. The van der Waals surface area contributed by atoms with E-state index in [1.165, 1.54) is 37.0 Å². The molecule has 0 unspecified atom stereocenters. The Labute approximate surface area is 331 Å². The molecule has 266 valence electrons. The monoisotopic (exact) mass is 735 g/mol. The second kappa shape index (κ2) is 14.6. The van der Waals surface area contributed by atoms with E-state index in [9.17, 15) is 0 Å². The number of fused-ring (bicyclic) bond motifs is 2. The number of nitrogens with zero attached hydrogens (tertiary/aromatic N) is 2. The average Bonchev–Trinajstić information content (AvgIpc) is 3.91. The molecule has 0 atom stereocenters. The fraction of sp³-hybridized carbons (Fsp3) is 0. The van der Waals surface area contributed by atoms with E-state index in [4.69, 9.17) is 0 Å². The summed E-state index contributed by atoms with van der Waals surface area (Å²) >= 11 is 1.84. The summed E-state index contributed by atoms with van der Waals surface area (Å²) in [5.41, 5.74) is 13.7. The molecule has 2 heterocycles. The summed E-state index contributed by atoms with van der Waals surface area (Å²) in [6.07, 6.45) is 0. The van der Waals surface area contributed by atoms with Gasteiger partial charge in [-0.3, -0.25) is 0 Å². The van der Waals surface area contributed by atoms with Gasteiger partial charge in [0.05, 0.1) is 0 Å². The van der Waals surface area contributed by atoms with Crippen LogP contribution in [0, 0.1) is 0 Å². The number of para-hydroxylation sites is 3. The average molecular weight is 736 g/mol. The van der Waals surface area contributed by atoms with Crippen LogP contribution in [0.2, 0.25) is 0 Å². The molecule has 0 spiro atoms. The highest BCUT2D eigenvalue weighted by atomic mass is 32.1. The van der Waals surface area contributed by atoms with Crippen molar-refractivity contribution in [1.29, 1.82) is 0 Å². The van der Waals surface area contributed by atoms with E-state index in [2.05, 4.69) is 233 Å². The highest BCUT2D eigenvalue weighted by Gasteiger charge is 2.16. The lowest BCUT2D eigenvalue weighted by Crippen LogP contribution is -2.10. The van der Waals surface area contributed by atoms with Crippen molar-refractivity contribution in [3.8, 4) is 32.8 Å². The zero-order valence-electron chi connectivity index (χ0n) is 30.6. The molecule has 0 amide bonds. The first-order chi connectivity index (χ1) is 27.7. The van der Waals surface area contributed by atoms with Gasteiger partial charge in [-0.2, -0.15) is 0 Å². The Hall–Kier alpha value is -7.14. The van der Waals surface area contributed by atoms with Crippen LogP contribution in [-0.4, -0.2) is 4.98 Å². The van der Waals surface area contributed by atoms with Crippen LogP contribution in [0.15, 0.2) is 218 Å². The number of aromatic amines is 1. The third-order valence-electron chi connectivity index (χ3n) is 10.4. The number of benzene rings is 8. The molecule has 0 aliphatic heterocycles. The largest absolute Gasteiger partial charge is 0.355 e. The zero-order chi connectivity index (χ0) is 37.3. The Balaban J connectivity index is 0.925. The summed E-state index contributed by atoms with van der Waals surface area (Å²) in [6, 6.07) is 78.2. The highest BCUT2D eigenvalue weighted by Crippen LogP contribution is 2.40. The number of hydrogen-bond donors (Lipinski definition) is 1. The third kappa shape index (κ3) is 6.53. The zero-order valence-corrected chi connectivity index (χ0v) is 31.4. The predicted octanol–water partition coefficient (Wildman–Crippen LogP) is 15.3. The van der Waals surface area contributed by atoms with Gasteiger partial charge in [0.25, 0.3) is 0 Å². The smallest absolute Gasteiger partial charge is 0.0464 e. The summed E-state index contributed by atoms with van der Waals surface area (Å²) < 4.78 is 1.31. The van der Waals surface area contributed by atoms with Crippen molar-refractivity contribution in [2.45, 2.75) is 0 Å². The summed E-state index contributed by atoms with van der Waals surface area (Å²) in [6.45, 7) is 0. The molecular weight excluding hydrogens is 699 g/mol. The van der Waals surface area contributed by atoms with Crippen molar-refractivity contribution >= 4 is 66.5 Å². The van der Waals surface area contributed by atoms with E-state index in [1.807, 2.05) is 11.3 Å². The van der Waals surface area contributed by atoms with Crippen LogP contribution < -0.4 is 9.80 Å². The van der Waals surface area contributed by atoms with Gasteiger partial charge in [0.1, 0.15) is 0 Å². The second-order valence-corrected chi connectivity index (χ2v) is 15.0. The molecule has 10 aromatic rings. The number of nitrogens with one attached hydrogen (secondary N) is 1. The number of aromatic nitrogens is 1. The van der Waals surface area contributed by atoms with Crippen molar-refractivity contribution in [3.63, 3.8) is 0 Å². The van der Waals surface area contributed by atoms with Gasteiger partial charge in [-0.15, -0.1) is 11.3 Å². The van der Waals surface area contributed by atoms with Crippen LogP contribution >= 0.6 is 11.3 Å². The van der Waals surface area contributed by atoms with Gasteiger partial charge in [-0.1, -0.05) is 121 Å². The number of H-pyrrole nitrogens is 1. The molecule has 0 aliphatic carbocycles. The fourth-order valence-electron chi connectivity index (χ4n) is 7.57. The Morgan fingerprint density at radius 3 is 1.23 bits per heavy atom. The molecule has 0 saturated carbocycles. The Morgan fingerprint density at radius 2 is 0.732 bits per heavy atom. The molecular formula is C52H37N3S. The van der Waals surface area contributed by atoms with Crippen molar-refractivity contribution in [2.75, 3.05) is 9.80 Å². The normalized spacial score (nSPS) is 11.2. The van der Waals surface area contributed by atoms with Crippen LogP contribution in [0.5, 0.6) is 0 Å². The van der Waals surface area contributed by atoms with Crippen LogP contribution in [0.25, 0.3) is 53.8 Å². The molecule has 56 heavy (non-hydrogen) atoms. The van der Waals surface area contributed by atoms with Crippen molar-refractivity contribution < 1.29 is 0 Å². The van der Waals surface area contributed by atoms with Gasteiger partial charge in [0, 0.05) is 60.3 Å². The molecule has 10 rings (SSSR count). The predicted molar refractivity (Wildman–Crippen MR) is 239 cm³/mol. The van der Waals surface area contributed by atoms with Crippen LogP contribution in [0.1, 0.15) is 0 Å². The number of hydrogen-bond acceptors (Lipinski definition) is 3. The lowest BCUT2D eigenvalue weighted by Gasteiger charge is -2.26. The van der Waals surface area contributed by atoms with E-state index in [1.54, 1.807) is 0 Å². The topological polar surface area (TPSA) is 22.3 Å². The quantitative estimate of drug-likeness (QED) is 0.159. The molecule has 3 nitrogen and oxygen atoms in total. The van der Waals surface area contributed by atoms with Crippen molar-refractivity contribution in [3.05, 3.63) is 218 Å². The Morgan fingerprint density at radius 1 is 0.321 bits per heavy atom. The molecule has 0 aliphatic rings. The maximum atomic E-state index is 3.57. The lowest BCUT2D eigenvalue weighted by atomic mass is 10.0. The van der Waals surface area contributed by atoms with E-state index < -0.39 is 0 Å². The molecule has 0 fully saturated rings. The van der Waals surface area contributed by atoms with Gasteiger partial charge in [-0.05, 0) is 125 Å². The van der Waals surface area contributed by atoms with Crippen molar-refractivity contribution in [2.24, 2.45) is 0 Å². The van der Waals surface area contributed by atoms with Gasteiger partial charge >= 0.3 is 0 Å². The van der Waals surface area contributed by atoms with E-state index in [-0.39, 0.29) is 0 Å². The summed E-state index contributed by atoms with van der Waals surface area (Å²) in [5, 5.41) is 2.51. The lowest BCUT2D eigenvalue weighted by molar-refractivity contribution is 1.28. The maximum absolute atomic E-state index is 3.57. The number of rotatable bonds is 9. The molecule has 1 N–H and O–H groups in total. The summed E-state index contributed by atoms with van der Waals surface area (Å²) in [5.74, 6) is 0. The van der Waals surface area contributed by atoms with Gasteiger partial charge in [0.2, 0.25) is 0 Å². The van der Waals surface area contributed by atoms with Gasteiger partial charge in [0.15, 0.2) is 0 Å². The first kappa shape index (κ1) is 33.4. The van der Waals surface area contributed by atoms with Crippen LogP contribution in [0.3, 0.4) is 0 Å². The minimum atomic E-state index is 1.10. The van der Waals surface area contributed by atoms with E-state index in [0.717, 1.165) is 50.9 Å². The minimum absolute atomic E-state index is 1.10. The van der Waals surface area contributed by atoms with E-state index >= 15 is 0 Å². The molecule has 0 bridgehead atoms. The van der Waals surface area contributed by atoms with Gasteiger partial charge in [-0.25, -0.2) is 0 Å². The highest BCUT2D eigenvalue weighted by molar-refractivity contribution is 7.22. The van der Waals surface area contributed by atoms with Crippen LogP contribution in [0.4, 0.5) is 34.1 Å². The van der Waals surface area contributed by atoms with E-state index in [0.29, 0.717) is 0 Å². The minimum Gasteiger partial charge on any atom is -0.355 e. The fourth-order valence-corrected chi connectivity index (χ4v) is 8.64. The van der Waals surface area contributed by atoms with Crippen LogP contribution in [-0.2, 0) is 0 Å². The third-order valence-corrected chi connectivity index (χ3v) is 11.6. The standard InChI is InChI=1S/C52H37N3S/c1-3-13-43(14-4-1)54(47-31-23-39(24-32-47)50-35-41-11-7-9-17-49(41)53-50)45-27-19-37(20-28-45)38-21-29-46(30-22-38)55(44-15-5-2-6-16-44)48-33-25-40(26-34-48)52-36-42-12-8-10-18-51(42)56-52/h1-36,53H. The molecule has 0 radical (unpaired) electrons. The Kier molecular flexibility index (Phi) is 8.71. The first-order valence-corrected chi connectivity index (χ1v) is 19.7. The number of thiophene rings is 1. The molecule has 8 aromatic carbocycles. The Bertz CT molecular complexity index is 2610. The van der Waals surface area contributed by atoms with Gasteiger partial charge < -0.3 is 14.8 Å². The molecule has 2 aromatic heterocycles. The summed E-state index contributed by atoms with van der Waals surface area (Å²) in [4.78, 5) is 9.48. The SMILES string of the molecule is c1ccc(N(c2ccc(-c3ccc(N(c4ccccc4)c4ccc(-c5cc6ccccc6s5)cc4)cc3)cc2)c2ccc(-c3cc4ccccc4[nH]3)cc2)cc1. The maximum Gasteiger partial charge on any atom is 0.0464 e. The number of anilines is 6. The molecule has 4 heteroatoms. The first-order valence-electron chi connectivity index (χ1n) is 18.9. The molecule has 0 saturated heterocycles.